The van der Waals surface area contributed by atoms with Crippen LogP contribution in [0.1, 0.15) is 0 Å². The van der Waals surface area contributed by atoms with Crippen molar-refractivity contribution in [2.45, 2.75) is 17.1 Å². The Balaban J connectivity index is 2.21. The topological polar surface area (TPSA) is 66.5 Å². The second-order valence-corrected chi connectivity index (χ2v) is 7.53. The standard InChI is InChI=1S/C12H12F4N2O3S2/c13-8-3-1-2-4-10(8)23(20,21)18-7-22-5-9(18)11(19)17-6-12(14,15)16/h1-4,9H,5-7H2,(H,17,19). The van der Waals surface area contributed by atoms with Gasteiger partial charge in [-0.25, -0.2) is 12.8 Å². The molecule has 1 fully saturated rings. The van der Waals surface area contributed by atoms with Crippen LogP contribution in [-0.2, 0) is 14.8 Å². The van der Waals surface area contributed by atoms with Crippen LogP contribution in [0.2, 0.25) is 0 Å². The first-order valence-electron chi connectivity index (χ1n) is 6.31. The number of carbonyl (C=O) groups is 1. The van der Waals surface area contributed by atoms with Gasteiger partial charge in [-0.2, -0.15) is 17.5 Å². The van der Waals surface area contributed by atoms with Crippen LogP contribution in [0.4, 0.5) is 17.6 Å². The fourth-order valence-electron chi connectivity index (χ4n) is 1.96. The molecular weight excluding hydrogens is 360 g/mol. The average molecular weight is 372 g/mol. The van der Waals surface area contributed by atoms with E-state index in [0.717, 1.165) is 23.9 Å². The Bertz CT molecular complexity index is 694. The van der Waals surface area contributed by atoms with Gasteiger partial charge in [0, 0.05) is 5.75 Å². The van der Waals surface area contributed by atoms with Gasteiger partial charge in [0.1, 0.15) is 23.3 Å². The summed E-state index contributed by atoms with van der Waals surface area (Å²) in [5, 5.41) is 1.66. The highest BCUT2D eigenvalue weighted by Crippen LogP contribution is 2.29. The van der Waals surface area contributed by atoms with Crippen molar-refractivity contribution in [1.29, 1.82) is 0 Å². The predicted octanol–water partition coefficient (Wildman–Crippen LogP) is 1.57. The van der Waals surface area contributed by atoms with Crippen molar-refractivity contribution in [3.05, 3.63) is 30.1 Å². The number of thioether (sulfide) groups is 1. The number of nitrogens with zero attached hydrogens (tertiary/aromatic N) is 1. The molecule has 5 nitrogen and oxygen atoms in total. The first kappa shape index (κ1) is 18.0. The number of amides is 1. The quantitative estimate of drug-likeness (QED) is 0.815. The van der Waals surface area contributed by atoms with Crippen LogP contribution in [-0.4, -0.2) is 49.0 Å². The molecule has 1 N–H and O–H groups in total. The number of sulfonamides is 1. The van der Waals surface area contributed by atoms with E-state index in [-0.39, 0.29) is 11.6 Å². The van der Waals surface area contributed by atoms with Gasteiger partial charge in [0.05, 0.1) is 5.88 Å². The van der Waals surface area contributed by atoms with Gasteiger partial charge in [0.2, 0.25) is 15.9 Å². The Morgan fingerprint density at radius 1 is 1.35 bits per heavy atom. The summed E-state index contributed by atoms with van der Waals surface area (Å²) >= 11 is 1.06. The number of nitrogens with one attached hydrogen (secondary N) is 1. The number of carbonyl (C=O) groups excluding carboxylic acids is 1. The molecule has 1 heterocycles. The van der Waals surface area contributed by atoms with Crippen LogP contribution >= 0.6 is 11.8 Å². The maximum absolute atomic E-state index is 13.7. The van der Waals surface area contributed by atoms with Crippen molar-refractivity contribution in [3.63, 3.8) is 0 Å². The van der Waals surface area contributed by atoms with Crippen molar-refractivity contribution in [2.75, 3.05) is 18.2 Å². The van der Waals surface area contributed by atoms with E-state index in [0.29, 0.717) is 4.31 Å². The molecule has 1 aliphatic rings. The number of hydrogen-bond donors (Lipinski definition) is 1. The lowest BCUT2D eigenvalue weighted by atomic mass is 10.3. The molecule has 1 aromatic rings. The van der Waals surface area contributed by atoms with Crippen LogP contribution in [0.25, 0.3) is 0 Å². The van der Waals surface area contributed by atoms with Gasteiger partial charge in [-0.3, -0.25) is 4.79 Å². The number of benzene rings is 1. The molecule has 0 radical (unpaired) electrons. The molecule has 2 rings (SSSR count). The van der Waals surface area contributed by atoms with Crippen LogP contribution in [0.5, 0.6) is 0 Å². The third-order valence-corrected chi connectivity index (χ3v) is 6.09. The van der Waals surface area contributed by atoms with E-state index in [2.05, 4.69) is 0 Å². The van der Waals surface area contributed by atoms with E-state index in [9.17, 15) is 30.8 Å². The Kier molecular flexibility index (Phi) is 5.21. The zero-order valence-electron chi connectivity index (χ0n) is 11.5. The highest BCUT2D eigenvalue weighted by atomic mass is 32.2. The van der Waals surface area contributed by atoms with Crippen LogP contribution < -0.4 is 5.32 Å². The molecule has 1 aromatic carbocycles. The van der Waals surface area contributed by atoms with Crippen molar-refractivity contribution >= 4 is 27.7 Å². The zero-order valence-corrected chi connectivity index (χ0v) is 13.1. The van der Waals surface area contributed by atoms with E-state index in [1.165, 1.54) is 12.1 Å². The summed E-state index contributed by atoms with van der Waals surface area (Å²) in [6, 6.07) is 3.30. The maximum Gasteiger partial charge on any atom is 0.405 e. The monoisotopic (exact) mass is 372 g/mol. The predicted molar refractivity (Wildman–Crippen MR) is 75.6 cm³/mol. The molecule has 0 saturated carbocycles. The maximum atomic E-state index is 13.7. The second kappa shape index (κ2) is 6.65. The lowest BCUT2D eigenvalue weighted by molar-refractivity contribution is -0.140. The summed E-state index contributed by atoms with van der Waals surface area (Å²) in [4.78, 5) is 11.2. The van der Waals surface area contributed by atoms with Crippen LogP contribution in [0.15, 0.2) is 29.2 Å². The molecule has 1 unspecified atom stereocenters. The summed E-state index contributed by atoms with van der Waals surface area (Å²) < 4.78 is 75.8. The summed E-state index contributed by atoms with van der Waals surface area (Å²) in [6.07, 6.45) is -4.60. The molecular formula is C12H12F4N2O3S2. The van der Waals surface area contributed by atoms with E-state index in [1.807, 2.05) is 0 Å². The minimum atomic E-state index is -4.60. The van der Waals surface area contributed by atoms with Gasteiger partial charge in [0.15, 0.2) is 0 Å². The third-order valence-electron chi connectivity index (χ3n) is 3.03. The van der Waals surface area contributed by atoms with E-state index >= 15 is 0 Å². The number of halogens is 4. The Morgan fingerprint density at radius 3 is 2.61 bits per heavy atom. The fourth-order valence-corrected chi connectivity index (χ4v) is 5.17. The van der Waals surface area contributed by atoms with Crippen molar-refractivity contribution in [2.24, 2.45) is 0 Å². The van der Waals surface area contributed by atoms with Crippen molar-refractivity contribution in [3.8, 4) is 0 Å². The number of alkyl halides is 3. The van der Waals surface area contributed by atoms with Gasteiger partial charge < -0.3 is 5.32 Å². The second-order valence-electron chi connectivity index (χ2n) is 4.67. The van der Waals surface area contributed by atoms with E-state index in [4.69, 9.17) is 0 Å². The summed E-state index contributed by atoms with van der Waals surface area (Å²) in [5.74, 6) is -2.19. The minimum Gasteiger partial charge on any atom is -0.346 e. The van der Waals surface area contributed by atoms with Crippen molar-refractivity contribution in [1.82, 2.24) is 9.62 Å². The lowest BCUT2D eigenvalue weighted by Crippen LogP contribution is -2.49. The first-order valence-corrected chi connectivity index (χ1v) is 8.91. The molecule has 128 valence electrons. The van der Waals surface area contributed by atoms with Gasteiger partial charge in [-0.1, -0.05) is 12.1 Å². The van der Waals surface area contributed by atoms with Crippen LogP contribution in [0, 0.1) is 5.82 Å². The van der Waals surface area contributed by atoms with Crippen LogP contribution in [0.3, 0.4) is 0 Å². The third kappa shape index (κ3) is 4.15. The summed E-state index contributed by atoms with van der Waals surface area (Å²) in [5.41, 5.74) is 0. The van der Waals surface area contributed by atoms with Crippen molar-refractivity contribution < 1.29 is 30.8 Å². The molecule has 1 aliphatic heterocycles. The highest BCUT2D eigenvalue weighted by molar-refractivity contribution is 8.00. The smallest absolute Gasteiger partial charge is 0.346 e. The minimum absolute atomic E-state index is 0.00261. The SMILES string of the molecule is O=C(NCC(F)(F)F)C1CSCN1S(=O)(=O)c1ccccc1F. The van der Waals surface area contributed by atoms with Gasteiger partial charge in [-0.05, 0) is 12.1 Å². The molecule has 11 heteroatoms. The fraction of sp³-hybridized carbons (Fsp3) is 0.417. The molecule has 0 aromatic heterocycles. The summed E-state index contributed by atoms with van der Waals surface area (Å²) in [6.45, 7) is -1.55. The Hall–Kier alpha value is -1.33. The molecule has 1 atom stereocenters. The summed E-state index contributed by atoms with van der Waals surface area (Å²) in [7, 11) is -4.32. The van der Waals surface area contributed by atoms with E-state index in [1.54, 1.807) is 5.32 Å². The molecule has 0 bridgehead atoms. The highest BCUT2D eigenvalue weighted by Gasteiger charge is 2.41. The molecule has 1 saturated heterocycles. The Morgan fingerprint density at radius 2 is 2.00 bits per heavy atom. The zero-order chi connectivity index (χ0) is 17.3. The molecule has 1 amide bonds. The normalized spacial score (nSPS) is 19.7. The van der Waals surface area contributed by atoms with Gasteiger partial charge in [-0.15, -0.1) is 11.8 Å². The lowest BCUT2D eigenvalue weighted by Gasteiger charge is -2.23. The average Bonchev–Trinajstić information content (AvgIpc) is 2.94. The van der Waals surface area contributed by atoms with E-state index < -0.39 is 45.4 Å². The molecule has 23 heavy (non-hydrogen) atoms. The Labute approximate surface area is 134 Å². The first-order chi connectivity index (χ1) is 10.6. The number of rotatable bonds is 4. The largest absolute Gasteiger partial charge is 0.405 e. The molecule has 0 aliphatic carbocycles. The number of hydrogen-bond acceptors (Lipinski definition) is 4. The van der Waals surface area contributed by atoms with Gasteiger partial charge >= 0.3 is 6.18 Å². The van der Waals surface area contributed by atoms with Gasteiger partial charge in [0.25, 0.3) is 0 Å². The molecule has 0 spiro atoms.